The Morgan fingerprint density at radius 1 is 1.18 bits per heavy atom. The Morgan fingerprint density at radius 2 is 1.95 bits per heavy atom. The van der Waals surface area contributed by atoms with Gasteiger partial charge in [0.05, 0.1) is 6.10 Å². The van der Waals surface area contributed by atoms with Gasteiger partial charge in [-0.1, -0.05) is 13.8 Å². The molecular weight excluding hydrogens is 279 g/mol. The molecule has 0 spiro atoms. The summed E-state index contributed by atoms with van der Waals surface area (Å²) in [5.41, 5.74) is 0.640. The van der Waals surface area contributed by atoms with Crippen molar-refractivity contribution in [3.8, 4) is 0 Å². The van der Waals surface area contributed by atoms with Gasteiger partial charge in [-0.05, 0) is 78.8 Å². The summed E-state index contributed by atoms with van der Waals surface area (Å²) in [6, 6.07) is 0. The molecule has 7 atom stereocenters. The molecule has 0 amide bonds. The van der Waals surface area contributed by atoms with Gasteiger partial charge in [0, 0.05) is 6.42 Å². The predicted octanol–water partition coefficient (Wildman–Crippen LogP) is 3.83. The first-order chi connectivity index (χ1) is 10.4. The zero-order valence-corrected chi connectivity index (χ0v) is 13.6. The highest BCUT2D eigenvalue weighted by Gasteiger charge is 2.60. The van der Waals surface area contributed by atoms with Crippen LogP contribution >= 0.6 is 0 Å². The van der Waals surface area contributed by atoms with Gasteiger partial charge in [0.2, 0.25) is 0 Å². The van der Waals surface area contributed by atoms with E-state index in [1.165, 1.54) is 0 Å². The van der Waals surface area contributed by atoms with Crippen molar-refractivity contribution in [1.82, 2.24) is 0 Å². The molecule has 0 saturated heterocycles. The van der Waals surface area contributed by atoms with Crippen LogP contribution in [0.25, 0.3) is 0 Å². The van der Waals surface area contributed by atoms with Crippen LogP contribution in [0.1, 0.15) is 58.8 Å². The van der Waals surface area contributed by atoms with Gasteiger partial charge >= 0.3 is 0 Å². The van der Waals surface area contributed by atoms with E-state index in [1.807, 2.05) is 0 Å². The fraction of sp³-hybridized carbons (Fsp3) is 0.842. The molecule has 0 unspecified atom stereocenters. The normalized spacial score (nSPS) is 54.3. The fourth-order valence-electron chi connectivity index (χ4n) is 6.53. The highest BCUT2D eigenvalue weighted by atomic mass is 19.1. The van der Waals surface area contributed by atoms with Gasteiger partial charge in [0.1, 0.15) is 6.17 Å². The monoisotopic (exact) mass is 306 g/mol. The first kappa shape index (κ1) is 14.9. The Kier molecular flexibility index (Phi) is 3.15. The topological polar surface area (TPSA) is 37.3 Å². The lowest BCUT2D eigenvalue weighted by Gasteiger charge is -2.58. The molecule has 4 aliphatic carbocycles. The molecule has 0 radical (unpaired) electrons. The summed E-state index contributed by atoms with van der Waals surface area (Å²) in [7, 11) is 0. The summed E-state index contributed by atoms with van der Waals surface area (Å²) in [6.07, 6.45) is 6.43. The van der Waals surface area contributed by atoms with Gasteiger partial charge < -0.3 is 5.11 Å². The first-order valence-electron chi connectivity index (χ1n) is 8.93. The molecule has 1 N–H and O–H groups in total. The van der Waals surface area contributed by atoms with Gasteiger partial charge in [-0.2, -0.15) is 0 Å². The average Bonchev–Trinajstić information content (AvgIpc) is 2.77. The number of alkyl halides is 1. The molecule has 0 aromatic heterocycles. The molecule has 4 aliphatic rings. The second kappa shape index (κ2) is 4.66. The van der Waals surface area contributed by atoms with Crippen LogP contribution in [0.4, 0.5) is 4.39 Å². The molecule has 0 aromatic carbocycles. The highest BCUT2D eigenvalue weighted by Crippen LogP contribution is 2.65. The number of allylic oxidation sites excluding steroid dienone is 1. The lowest BCUT2D eigenvalue weighted by atomic mass is 9.47. The molecule has 122 valence electrons. The van der Waals surface area contributed by atoms with Crippen molar-refractivity contribution in [2.24, 2.45) is 28.6 Å². The number of hydrogen-bond donors (Lipinski definition) is 1. The van der Waals surface area contributed by atoms with Crippen LogP contribution < -0.4 is 0 Å². The number of aliphatic hydroxyl groups excluding tert-OH is 1. The van der Waals surface area contributed by atoms with E-state index in [0.717, 1.165) is 37.7 Å². The van der Waals surface area contributed by atoms with Gasteiger partial charge in [-0.25, -0.2) is 4.39 Å². The van der Waals surface area contributed by atoms with Crippen LogP contribution in [-0.4, -0.2) is 23.2 Å². The van der Waals surface area contributed by atoms with Crippen molar-refractivity contribution >= 4 is 5.78 Å². The number of fused-ring (bicyclic) bond motifs is 5. The average molecular weight is 306 g/mol. The minimum atomic E-state index is -0.962. The summed E-state index contributed by atoms with van der Waals surface area (Å²) in [4.78, 5) is 11.8. The van der Waals surface area contributed by atoms with E-state index in [-0.39, 0.29) is 22.7 Å². The summed E-state index contributed by atoms with van der Waals surface area (Å²) in [6.45, 7) is 4.42. The maximum absolute atomic E-state index is 14.9. The van der Waals surface area contributed by atoms with Crippen molar-refractivity contribution < 1.29 is 14.3 Å². The lowest BCUT2D eigenvalue weighted by Crippen LogP contribution is -2.53. The molecule has 0 bridgehead atoms. The second-order valence-corrected chi connectivity index (χ2v) is 8.70. The van der Waals surface area contributed by atoms with Crippen LogP contribution in [-0.2, 0) is 4.79 Å². The van der Waals surface area contributed by atoms with E-state index >= 15 is 0 Å². The molecule has 4 rings (SSSR count). The largest absolute Gasteiger partial charge is 0.393 e. The quantitative estimate of drug-likeness (QED) is 0.738. The van der Waals surface area contributed by atoms with E-state index in [9.17, 15) is 14.3 Å². The maximum Gasteiger partial charge on any atom is 0.155 e. The molecule has 2 nitrogen and oxygen atoms in total. The fourth-order valence-corrected chi connectivity index (χ4v) is 6.53. The van der Waals surface area contributed by atoms with E-state index < -0.39 is 6.17 Å². The van der Waals surface area contributed by atoms with Crippen LogP contribution in [0.2, 0.25) is 0 Å². The van der Waals surface area contributed by atoms with Crippen molar-refractivity contribution in [2.45, 2.75) is 71.1 Å². The molecule has 0 aliphatic heterocycles. The van der Waals surface area contributed by atoms with Crippen molar-refractivity contribution in [3.05, 3.63) is 11.6 Å². The van der Waals surface area contributed by atoms with Crippen LogP contribution in [0.15, 0.2) is 11.6 Å². The smallest absolute Gasteiger partial charge is 0.155 e. The van der Waals surface area contributed by atoms with Crippen LogP contribution in [0.3, 0.4) is 0 Å². The molecular formula is C19H27FO2. The number of rotatable bonds is 0. The number of halogens is 1. The molecule has 0 heterocycles. The van der Waals surface area contributed by atoms with Crippen LogP contribution in [0, 0.1) is 28.6 Å². The summed E-state index contributed by atoms with van der Waals surface area (Å²) < 4.78 is 14.9. The van der Waals surface area contributed by atoms with Crippen LogP contribution in [0.5, 0.6) is 0 Å². The Morgan fingerprint density at radius 3 is 2.73 bits per heavy atom. The molecule has 3 heteroatoms. The lowest BCUT2D eigenvalue weighted by molar-refractivity contribution is -0.119. The highest BCUT2D eigenvalue weighted by molar-refractivity contribution is 5.91. The number of carbonyl (C=O) groups is 1. The minimum Gasteiger partial charge on any atom is -0.393 e. The third-order valence-electron chi connectivity index (χ3n) is 7.89. The Labute approximate surface area is 132 Å². The van der Waals surface area contributed by atoms with E-state index in [2.05, 4.69) is 13.8 Å². The number of hydrogen-bond acceptors (Lipinski definition) is 2. The predicted molar refractivity (Wildman–Crippen MR) is 83.0 cm³/mol. The molecule has 22 heavy (non-hydrogen) atoms. The van der Waals surface area contributed by atoms with E-state index in [1.54, 1.807) is 6.08 Å². The van der Waals surface area contributed by atoms with Gasteiger partial charge in [0.15, 0.2) is 5.78 Å². The summed E-state index contributed by atoms with van der Waals surface area (Å²) >= 11 is 0. The maximum atomic E-state index is 14.9. The Hall–Kier alpha value is -0.700. The van der Waals surface area contributed by atoms with E-state index in [4.69, 9.17) is 0 Å². The van der Waals surface area contributed by atoms with Crippen molar-refractivity contribution in [1.29, 1.82) is 0 Å². The summed E-state index contributed by atoms with van der Waals surface area (Å²) in [5.74, 6) is 1.42. The molecule has 0 aromatic rings. The number of carbonyl (C=O) groups excluding carboxylic acids is 1. The van der Waals surface area contributed by atoms with Crippen molar-refractivity contribution in [3.63, 3.8) is 0 Å². The standard InChI is InChI=1S/C19H27FO2/c1-18-7-5-11(21)9-15(18)16(20)10-12-13-3-4-17(22)19(13,2)8-6-14(12)18/h9,12-14,16-17,22H,3-8,10H2,1-2H3/t12-,13-,14-,16+,17+,18+,19-/m0/s1. The first-order valence-corrected chi connectivity index (χ1v) is 8.93. The zero-order valence-electron chi connectivity index (χ0n) is 13.6. The van der Waals surface area contributed by atoms with E-state index in [0.29, 0.717) is 30.6 Å². The number of ketones is 1. The van der Waals surface area contributed by atoms with Gasteiger partial charge in [-0.15, -0.1) is 0 Å². The van der Waals surface area contributed by atoms with Gasteiger partial charge in [0.25, 0.3) is 0 Å². The van der Waals surface area contributed by atoms with Gasteiger partial charge in [-0.3, -0.25) is 4.79 Å². The zero-order chi connectivity index (χ0) is 15.7. The number of aliphatic hydroxyl groups is 1. The Balaban J connectivity index is 1.73. The Bertz CT molecular complexity index is 542. The second-order valence-electron chi connectivity index (χ2n) is 8.70. The third-order valence-corrected chi connectivity index (χ3v) is 7.89. The SMILES string of the molecule is C[C@]12CC[C@H]3[C@@H](C[C@@H](F)C4=CC(=O)CC[C@@]43C)[C@@H]1CC[C@H]2O. The molecule has 3 fully saturated rings. The van der Waals surface area contributed by atoms with Crippen molar-refractivity contribution in [2.75, 3.05) is 0 Å². The third kappa shape index (κ3) is 1.78. The summed E-state index contributed by atoms with van der Waals surface area (Å²) in [5, 5.41) is 10.4. The molecule has 3 saturated carbocycles. The minimum absolute atomic E-state index is 0.0110.